The second-order valence-corrected chi connectivity index (χ2v) is 6.73. The minimum absolute atomic E-state index is 0.168. The molecule has 1 aliphatic heterocycles. The molecule has 0 unspecified atom stereocenters. The number of carbonyl (C=O) groups is 1. The predicted octanol–water partition coefficient (Wildman–Crippen LogP) is 3.91. The molecule has 0 bridgehead atoms. The normalized spacial score (nSPS) is 15.5. The van der Waals surface area contributed by atoms with E-state index in [9.17, 15) is 22.4 Å². The summed E-state index contributed by atoms with van der Waals surface area (Å²) in [4.78, 5) is 19.1. The number of benzene rings is 1. The van der Waals surface area contributed by atoms with Crippen molar-refractivity contribution in [2.24, 2.45) is 0 Å². The number of alkyl halides is 3. The molecular weight excluding hydrogens is 376 g/mol. The van der Waals surface area contributed by atoms with Crippen LogP contribution in [0.5, 0.6) is 0 Å². The summed E-state index contributed by atoms with van der Waals surface area (Å²) in [5.74, 6) is -0.455. The van der Waals surface area contributed by atoms with Gasteiger partial charge in [0.15, 0.2) is 0 Å². The number of aryl methyl sites for hydroxylation is 1. The standard InChI is InChI=1S/C19H20F4N4O/c1-13-2-3-16(9-17(13)14-8-15(20)11-24-10-14)25-18(28)27-6-4-26(5-7-27)12-19(21,22)23/h2-3,8-11H,4-7,12H2,1H3,(H,25,28). The van der Waals surface area contributed by atoms with Crippen LogP contribution in [0, 0.1) is 12.7 Å². The molecule has 2 amide bonds. The summed E-state index contributed by atoms with van der Waals surface area (Å²) >= 11 is 0. The molecule has 0 radical (unpaired) electrons. The van der Waals surface area contributed by atoms with Crippen LogP contribution in [0.25, 0.3) is 11.1 Å². The Morgan fingerprint density at radius 2 is 1.86 bits per heavy atom. The summed E-state index contributed by atoms with van der Waals surface area (Å²) < 4.78 is 50.8. The molecule has 0 saturated carbocycles. The average Bonchev–Trinajstić information content (AvgIpc) is 2.62. The van der Waals surface area contributed by atoms with Gasteiger partial charge in [-0.25, -0.2) is 9.18 Å². The molecule has 1 aliphatic rings. The third-order valence-corrected chi connectivity index (χ3v) is 4.57. The van der Waals surface area contributed by atoms with E-state index in [1.165, 1.54) is 22.1 Å². The molecule has 1 aromatic heterocycles. The Morgan fingerprint density at radius 1 is 1.14 bits per heavy atom. The largest absolute Gasteiger partial charge is 0.401 e. The Balaban J connectivity index is 1.64. The first-order valence-electron chi connectivity index (χ1n) is 8.78. The third kappa shape index (κ3) is 5.19. The van der Waals surface area contributed by atoms with E-state index in [-0.39, 0.29) is 32.2 Å². The van der Waals surface area contributed by atoms with Gasteiger partial charge in [-0.05, 0) is 36.2 Å². The number of pyridine rings is 1. The fraction of sp³-hybridized carbons (Fsp3) is 0.368. The Labute approximate surface area is 160 Å². The fourth-order valence-corrected chi connectivity index (χ4v) is 3.14. The van der Waals surface area contributed by atoms with Gasteiger partial charge in [0, 0.05) is 43.6 Å². The van der Waals surface area contributed by atoms with E-state index in [0.717, 1.165) is 17.3 Å². The first-order chi connectivity index (χ1) is 13.2. The lowest BCUT2D eigenvalue weighted by Gasteiger charge is -2.34. The van der Waals surface area contributed by atoms with Gasteiger partial charge in [0.2, 0.25) is 0 Å². The highest BCUT2D eigenvalue weighted by Crippen LogP contribution is 2.27. The number of hydrogen-bond donors (Lipinski definition) is 1. The van der Waals surface area contributed by atoms with Crippen molar-refractivity contribution in [1.29, 1.82) is 0 Å². The number of anilines is 1. The number of nitrogens with zero attached hydrogens (tertiary/aromatic N) is 3. The molecule has 0 aliphatic carbocycles. The van der Waals surface area contributed by atoms with Crippen LogP contribution in [-0.2, 0) is 0 Å². The second-order valence-electron chi connectivity index (χ2n) is 6.73. The van der Waals surface area contributed by atoms with Crippen LogP contribution in [0.1, 0.15) is 5.56 Å². The molecule has 1 saturated heterocycles. The number of aromatic nitrogens is 1. The van der Waals surface area contributed by atoms with Crippen molar-refractivity contribution in [2.45, 2.75) is 13.1 Å². The van der Waals surface area contributed by atoms with Crippen LogP contribution < -0.4 is 5.32 Å². The van der Waals surface area contributed by atoms with Crippen molar-refractivity contribution in [3.63, 3.8) is 0 Å². The van der Waals surface area contributed by atoms with Gasteiger partial charge < -0.3 is 10.2 Å². The minimum Gasteiger partial charge on any atom is -0.322 e. The summed E-state index contributed by atoms with van der Waals surface area (Å²) in [7, 11) is 0. The van der Waals surface area contributed by atoms with Gasteiger partial charge in [0.05, 0.1) is 12.7 Å². The zero-order valence-corrected chi connectivity index (χ0v) is 15.3. The molecule has 5 nitrogen and oxygen atoms in total. The smallest absolute Gasteiger partial charge is 0.322 e. The van der Waals surface area contributed by atoms with Crippen LogP contribution >= 0.6 is 0 Å². The van der Waals surface area contributed by atoms with Gasteiger partial charge in [0.1, 0.15) is 5.82 Å². The first-order valence-corrected chi connectivity index (χ1v) is 8.78. The summed E-state index contributed by atoms with van der Waals surface area (Å²) in [5, 5.41) is 2.76. The van der Waals surface area contributed by atoms with E-state index >= 15 is 0 Å². The summed E-state index contributed by atoms with van der Waals surface area (Å²) in [6.45, 7) is 1.67. The third-order valence-electron chi connectivity index (χ3n) is 4.57. The molecule has 0 spiro atoms. The number of urea groups is 1. The maximum absolute atomic E-state index is 13.5. The monoisotopic (exact) mass is 396 g/mol. The summed E-state index contributed by atoms with van der Waals surface area (Å²) in [6.07, 6.45) is -1.59. The highest BCUT2D eigenvalue weighted by Gasteiger charge is 2.32. The van der Waals surface area contributed by atoms with Crippen molar-refractivity contribution in [3.05, 3.63) is 48.0 Å². The number of carbonyl (C=O) groups excluding carboxylic acids is 1. The molecular formula is C19H20F4N4O. The number of amides is 2. The molecule has 28 heavy (non-hydrogen) atoms. The van der Waals surface area contributed by atoms with Crippen LogP contribution in [0.15, 0.2) is 36.7 Å². The van der Waals surface area contributed by atoms with Gasteiger partial charge >= 0.3 is 12.2 Å². The van der Waals surface area contributed by atoms with Gasteiger partial charge in [-0.3, -0.25) is 9.88 Å². The molecule has 1 fully saturated rings. The SMILES string of the molecule is Cc1ccc(NC(=O)N2CCN(CC(F)(F)F)CC2)cc1-c1cncc(F)c1. The van der Waals surface area contributed by atoms with E-state index in [1.807, 2.05) is 6.92 Å². The minimum atomic E-state index is -4.24. The van der Waals surface area contributed by atoms with Gasteiger partial charge in [-0.15, -0.1) is 0 Å². The van der Waals surface area contributed by atoms with E-state index in [1.54, 1.807) is 18.2 Å². The van der Waals surface area contributed by atoms with Crippen LogP contribution in [-0.4, -0.2) is 59.7 Å². The zero-order chi connectivity index (χ0) is 20.3. The van der Waals surface area contributed by atoms with Gasteiger partial charge in [-0.1, -0.05) is 6.07 Å². The van der Waals surface area contributed by atoms with Crippen molar-refractivity contribution >= 4 is 11.7 Å². The van der Waals surface area contributed by atoms with Crippen LogP contribution in [0.4, 0.5) is 28.0 Å². The van der Waals surface area contributed by atoms with Crippen molar-refractivity contribution < 1.29 is 22.4 Å². The van der Waals surface area contributed by atoms with Crippen molar-refractivity contribution in [2.75, 3.05) is 38.0 Å². The maximum atomic E-state index is 13.5. The van der Waals surface area contributed by atoms with Crippen molar-refractivity contribution in [1.82, 2.24) is 14.8 Å². The number of hydrogen-bond acceptors (Lipinski definition) is 3. The van der Waals surface area contributed by atoms with Crippen LogP contribution in [0.2, 0.25) is 0 Å². The molecule has 1 N–H and O–H groups in total. The van der Waals surface area contributed by atoms with Crippen LogP contribution in [0.3, 0.4) is 0 Å². The number of nitrogens with one attached hydrogen (secondary N) is 1. The average molecular weight is 396 g/mol. The number of piperazine rings is 1. The Hall–Kier alpha value is -2.68. The molecule has 150 valence electrons. The van der Waals surface area contributed by atoms with Gasteiger partial charge in [-0.2, -0.15) is 13.2 Å². The van der Waals surface area contributed by atoms with E-state index in [2.05, 4.69) is 10.3 Å². The van der Waals surface area contributed by atoms with Crippen molar-refractivity contribution in [3.8, 4) is 11.1 Å². The number of rotatable bonds is 3. The van der Waals surface area contributed by atoms with Gasteiger partial charge in [0.25, 0.3) is 0 Å². The maximum Gasteiger partial charge on any atom is 0.401 e. The lowest BCUT2D eigenvalue weighted by Crippen LogP contribution is -2.51. The fourth-order valence-electron chi connectivity index (χ4n) is 3.14. The summed E-state index contributed by atoms with van der Waals surface area (Å²) in [6, 6.07) is 6.24. The lowest BCUT2D eigenvalue weighted by atomic mass is 10.0. The first kappa shape index (κ1) is 20.1. The Morgan fingerprint density at radius 3 is 2.50 bits per heavy atom. The second kappa shape index (κ2) is 8.14. The Bertz CT molecular complexity index is 848. The number of halogens is 4. The molecule has 0 atom stereocenters. The molecule has 3 rings (SSSR count). The predicted molar refractivity (Wildman–Crippen MR) is 97.5 cm³/mol. The quantitative estimate of drug-likeness (QED) is 0.801. The van der Waals surface area contributed by atoms with E-state index in [4.69, 9.17) is 0 Å². The molecule has 9 heteroatoms. The molecule has 2 heterocycles. The lowest BCUT2D eigenvalue weighted by molar-refractivity contribution is -0.148. The highest BCUT2D eigenvalue weighted by molar-refractivity contribution is 5.90. The summed E-state index contributed by atoms with van der Waals surface area (Å²) in [5.41, 5.74) is 2.74. The zero-order valence-electron chi connectivity index (χ0n) is 15.3. The topological polar surface area (TPSA) is 48.5 Å². The highest BCUT2D eigenvalue weighted by atomic mass is 19.4. The molecule has 1 aromatic carbocycles. The van der Waals surface area contributed by atoms with E-state index in [0.29, 0.717) is 11.3 Å². The molecule has 2 aromatic rings. The van der Waals surface area contributed by atoms with E-state index < -0.39 is 18.5 Å². The Kier molecular flexibility index (Phi) is 5.83.